The third kappa shape index (κ3) is 5.87. The highest BCUT2D eigenvalue weighted by Gasteiger charge is 2.17. The number of hydrogen-bond donors (Lipinski definition) is 2. The average Bonchev–Trinajstić information content (AvgIpc) is 3.27. The molecule has 0 saturated heterocycles. The molecule has 37 heavy (non-hydrogen) atoms. The Hall–Kier alpha value is -4.43. The van der Waals surface area contributed by atoms with Gasteiger partial charge in [-0.1, -0.05) is 48.2 Å². The van der Waals surface area contributed by atoms with Gasteiger partial charge in [0.25, 0.3) is 5.91 Å². The monoisotopic (exact) mass is 507 g/mol. The second kappa shape index (κ2) is 11.1. The zero-order valence-electron chi connectivity index (χ0n) is 20.0. The van der Waals surface area contributed by atoms with Crippen molar-refractivity contribution in [3.63, 3.8) is 0 Å². The van der Waals surface area contributed by atoms with E-state index in [1.54, 1.807) is 34.7 Å². The van der Waals surface area contributed by atoms with Gasteiger partial charge in [0.15, 0.2) is 0 Å². The predicted octanol–water partition coefficient (Wildman–Crippen LogP) is 4.71. The van der Waals surface area contributed by atoms with Gasteiger partial charge in [-0.2, -0.15) is 0 Å². The van der Waals surface area contributed by atoms with Crippen LogP contribution in [0.5, 0.6) is 0 Å². The molecule has 0 atom stereocenters. The van der Waals surface area contributed by atoms with E-state index >= 15 is 0 Å². The summed E-state index contributed by atoms with van der Waals surface area (Å²) in [6.07, 6.45) is 2.38. The lowest BCUT2D eigenvalue weighted by Crippen LogP contribution is -2.25. The number of fused-ring (bicyclic) bond motifs is 1. The van der Waals surface area contributed by atoms with Crippen molar-refractivity contribution in [3.05, 3.63) is 108 Å². The Labute approximate surface area is 218 Å². The van der Waals surface area contributed by atoms with Crippen LogP contribution in [0.1, 0.15) is 16.1 Å². The maximum atomic E-state index is 12.8. The minimum Gasteiger partial charge on any atom is -0.368 e. The van der Waals surface area contributed by atoms with Crippen LogP contribution in [0.25, 0.3) is 22.4 Å². The molecule has 184 valence electrons. The second-order valence-corrected chi connectivity index (χ2v) is 9.61. The van der Waals surface area contributed by atoms with Crippen LogP contribution in [-0.4, -0.2) is 32.9 Å². The third-order valence-electron chi connectivity index (χ3n) is 5.79. The number of rotatable bonds is 9. The van der Waals surface area contributed by atoms with Gasteiger partial charge in [0, 0.05) is 45.8 Å². The lowest BCUT2D eigenvalue weighted by molar-refractivity contribution is -0.118. The summed E-state index contributed by atoms with van der Waals surface area (Å²) in [5, 5.41) is 2.94. The molecule has 0 aliphatic carbocycles. The number of carbonyl (C=O) groups excluding carboxylic acids is 2. The molecule has 0 spiro atoms. The van der Waals surface area contributed by atoms with Gasteiger partial charge in [-0.25, -0.2) is 4.98 Å². The van der Waals surface area contributed by atoms with Gasteiger partial charge in [0.2, 0.25) is 5.91 Å². The molecule has 2 amide bonds. The number of nitrogens with two attached hydrogens (primary N) is 1. The Morgan fingerprint density at radius 1 is 0.892 bits per heavy atom. The number of carbonyl (C=O) groups is 2. The van der Waals surface area contributed by atoms with Crippen molar-refractivity contribution in [3.8, 4) is 11.4 Å². The van der Waals surface area contributed by atoms with E-state index in [4.69, 9.17) is 10.7 Å². The lowest BCUT2D eigenvalue weighted by atomic mass is 10.2. The van der Waals surface area contributed by atoms with E-state index in [0.29, 0.717) is 29.9 Å². The number of hydrogen-bond acceptors (Lipinski definition) is 5. The summed E-state index contributed by atoms with van der Waals surface area (Å²) >= 11 is 1.65. The maximum absolute atomic E-state index is 12.8. The van der Waals surface area contributed by atoms with Gasteiger partial charge in [0.05, 0.1) is 11.0 Å². The van der Waals surface area contributed by atoms with Crippen LogP contribution in [0.3, 0.4) is 0 Å². The molecule has 0 unspecified atom stereocenters. The molecule has 0 aliphatic heterocycles. The number of amides is 2. The van der Waals surface area contributed by atoms with E-state index < -0.39 is 5.91 Å². The Bertz CT molecular complexity index is 1550. The second-order valence-electron chi connectivity index (χ2n) is 8.46. The highest BCUT2D eigenvalue weighted by Crippen LogP contribution is 2.32. The number of primary amides is 1. The van der Waals surface area contributed by atoms with E-state index in [0.717, 1.165) is 26.6 Å². The number of benzene rings is 3. The molecule has 0 aliphatic rings. The van der Waals surface area contributed by atoms with E-state index in [1.165, 1.54) is 0 Å². The zero-order chi connectivity index (χ0) is 25.6. The summed E-state index contributed by atoms with van der Waals surface area (Å²) in [4.78, 5) is 36.0. The topological polar surface area (TPSA) is 103 Å². The van der Waals surface area contributed by atoms with Crippen molar-refractivity contribution in [2.45, 2.75) is 22.8 Å². The normalized spacial score (nSPS) is 10.9. The number of pyridine rings is 1. The summed E-state index contributed by atoms with van der Waals surface area (Å²) in [6.45, 7) is 0.457. The van der Waals surface area contributed by atoms with Crippen LogP contribution in [0.2, 0.25) is 0 Å². The fourth-order valence-electron chi connectivity index (χ4n) is 4.08. The van der Waals surface area contributed by atoms with E-state index in [-0.39, 0.29) is 12.5 Å². The fourth-order valence-corrected chi connectivity index (χ4v) is 4.98. The van der Waals surface area contributed by atoms with Crippen molar-refractivity contribution >= 4 is 34.6 Å². The first kappa shape index (κ1) is 24.3. The Morgan fingerprint density at radius 3 is 2.49 bits per heavy atom. The Morgan fingerprint density at radius 2 is 1.70 bits per heavy atom. The van der Waals surface area contributed by atoms with Gasteiger partial charge >= 0.3 is 0 Å². The molecular weight excluding hydrogens is 482 g/mol. The minimum absolute atomic E-state index is 0.0164. The van der Waals surface area contributed by atoms with Crippen molar-refractivity contribution in [1.82, 2.24) is 19.9 Å². The average molecular weight is 508 g/mol. The number of nitrogens with one attached hydrogen (secondary N) is 1. The summed E-state index contributed by atoms with van der Waals surface area (Å²) in [6, 6.07) is 29.1. The highest BCUT2D eigenvalue weighted by molar-refractivity contribution is 7.99. The Balaban J connectivity index is 1.41. The van der Waals surface area contributed by atoms with Crippen molar-refractivity contribution in [1.29, 1.82) is 0 Å². The van der Waals surface area contributed by atoms with Crippen LogP contribution in [0, 0.1) is 0 Å². The largest absolute Gasteiger partial charge is 0.368 e. The molecule has 0 bridgehead atoms. The standard InChI is InChI=1S/C29H25N5O2S/c30-27(35)19-34-26-13-12-21(29(36)32-16-14-22-8-4-5-15-31-22)18-25(26)33-28(34)20-7-6-11-24(17-20)37-23-9-2-1-3-10-23/h1-13,15,17-18H,14,16,19H2,(H2,30,35)(H,32,36). The highest BCUT2D eigenvalue weighted by atomic mass is 32.2. The van der Waals surface area contributed by atoms with Gasteiger partial charge in [-0.3, -0.25) is 14.6 Å². The SMILES string of the molecule is NC(=O)Cn1c(-c2cccc(Sc3ccccc3)c2)nc2cc(C(=O)NCCc3ccccn3)ccc21. The van der Waals surface area contributed by atoms with Crippen LogP contribution in [0.4, 0.5) is 0 Å². The molecule has 5 rings (SSSR count). The molecular formula is C29H25N5O2S. The smallest absolute Gasteiger partial charge is 0.251 e. The molecule has 2 heterocycles. The van der Waals surface area contributed by atoms with E-state index in [9.17, 15) is 9.59 Å². The van der Waals surface area contributed by atoms with E-state index in [2.05, 4.69) is 22.4 Å². The van der Waals surface area contributed by atoms with Crippen LogP contribution >= 0.6 is 11.8 Å². The first-order valence-corrected chi connectivity index (χ1v) is 12.7. The van der Waals surface area contributed by atoms with E-state index in [1.807, 2.05) is 66.7 Å². The summed E-state index contributed by atoms with van der Waals surface area (Å²) in [7, 11) is 0. The molecule has 0 radical (unpaired) electrons. The Kier molecular flexibility index (Phi) is 7.28. The summed E-state index contributed by atoms with van der Waals surface area (Å²) in [5.74, 6) is -0.0335. The van der Waals surface area contributed by atoms with Crippen LogP contribution in [-0.2, 0) is 17.8 Å². The molecule has 3 aromatic carbocycles. The number of aromatic nitrogens is 3. The van der Waals surface area contributed by atoms with Crippen LogP contribution in [0.15, 0.2) is 107 Å². The van der Waals surface area contributed by atoms with Crippen molar-refractivity contribution in [2.24, 2.45) is 5.73 Å². The molecule has 2 aromatic heterocycles. The molecule has 0 fully saturated rings. The van der Waals surface area contributed by atoms with Gasteiger partial charge in [-0.15, -0.1) is 0 Å². The molecule has 0 saturated carbocycles. The molecule has 5 aromatic rings. The first-order valence-electron chi connectivity index (χ1n) is 11.9. The predicted molar refractivity (Wildman–Crippen MR) is 145 cm³/mol. The maximum Gasteiger partial charge on any atom is 0.251 e. The number of imidazole rings is 1. The fraction of sp³-hybridized carbons (Fsp3) is 0.103. The molecule has 7 nitrogen and oxygen atoms in total. The number of nitrogens with zero attached hydrogens (tertiary/aromatic N) is 3. The van der Waals surface area contributed by atoms with Crippen LogP contribution < -0.4 is 11.1 Å². The first-order chi connectivity index (χ1) is 18.1. The summed E-state index contributed by atoms with van der Waals surface area (Å²) < 4.78 is 1.80. The third-order valence-corrected chi connectivity index (χ3v) is 6.79. The quantitative estimate of drug-likeness (QED) is 0.301. The van der Waals surface area contributed by atoms with Crippen molar-refractivity contribution in [2.75, 3.05) is 6.54 Å². The van der Waals surface area contributed by atoms with Gasteiger partial charge < -0.3 is 15.6 Å². The van der Waals surface area contributed by atoms with Gasteiger partial charge in [-0.05, 0) is 54.6 Å². The molecule has 8 heteroatoms. The minimum atomic E-state index is -0.466. The van der Waals surface area contributed by atoms with Gasteiger partial charge in [0.1, 0.15) is 12.4 Å². The zero-order valence-corrected chi connectivity index (χ0v) is 20.8. The lowest BCUT2D eigenvalue weighted by Gasteiger charge is -2.09. The van der Waals surface area contributed by atoms with Crippen molar-refractivity contribution < 1.29 is 9.59 Å². The molecule has 3 N–H and O–H groups in total. The summed E-state index contributed by atoms with van der Waals surface area (Å²) in [5.41, 5.74) is 9.21.